The van der Waals surface area contributed by atoms with Gasteiger partial charge in [0, 0.05) is 17.6 Å². The molecular weight excluding hydrogens is 344 g/mol. The second-order valence-corrected chi connectivity index (χ2v) is 6.02. The normalized spacial score (nSPS) is 10.9. The van der Waals surface area contributed by atoms with Gasteiger partial charge in [-0.25, -0.2) is 4.98 Å². The third-order valence-electron chi connectivity index (χ3n) is 4.18. The zero-order chi connectivity index (χ0) is 18.8. The second-order valence-electron chi connectivity index (χ2n) is 6.02. The summed E-state index contributed by atoms with van der Waals surface area (Å²) in [5.74, 6) is 0.0744. The molecule has 0 spiro atoms. The summed E-state index contributed by atoms with van der Waals surface area (Å²) in [6.45, 7) is 1.97. The van der Waals surface area contributed by atoms with Gasteiger partial charge in [-0.2, -0.15) is 0 Å². The Morgan fingerprint density at radius 2 is 2.00 bits per heavy atom. The van der Waals surface area contributed by atoms with Crippen LogP contribution in [0.4, 0.5) is 0 Å². The standard InChI is InChI=1S/C19H16N6O2/c1-12-7-8-14-17(26)15(9-20-18(14)23-12)19(27)21-10-16-24-22-11-25(16)13-5-3-2-4-6-13/h2-9,11H,10H2,1H3,(H,21,27)(H,20,23,26). The molecule has 4 aromatic rings. The van der Waals surface area contributed by atoms with Crippen molar-refractivity contribution in [3.63, 3.8) is 0 Å². The molecule has 0 radical (unpaired) electrons. The minimum absolute atomic E-state index is 0.0268. The van der Waals surface area contributed by atoms with Crippen molar-refractivity contribution >= 4 is 16.9 Å². The van der Waals surface area contributed by atoms with Gasteiger partial charge in [-0.3, -0.25) is 14.2 Å². The van der Waals surface area contributed by atoms with Crippen molar-refractivity contribution in [2.45, 2.75) is 13.5 Å². The number of hydrogen-bond donors (Lipinski definition) is 2. The number of aromatic amines is 1. The van der Waals surface area contributed by atoms with Gasteiger partial charge in [-0.1, -0.05) is 18.2 Å². The Morgan fingerprint density at radius 1 is 1.19 bits per heavy atom. The van der Waals surface area contributed by atoms with Crippen LogP contribution < -0.4 is 10.7 Å². The van der Waals surface area contributed by atoms with Gasteiger partial charge >= 0.3 is 0 Å². The van der Waals surface area contributed by atoms with Crippen LogP contribution >= 0.6 is 0 Å². The van der Waals surface area contributed by atoms with Crippen molar-refractivity contribution in [3.05, 3.63) is 82.3 Å². The van der Waals surface area contributed by atoms with E-state index in [1.54, 1.807) is 23.0 Å². The maximum absolute atomic E-state index is 12.6. The Labute approximate surface area is 153 Å². The fourth-order valence-corrected chi connectivity index (χ4v) is 2.81. The van der Waals surface area contributed by atoms with Crippen LogP contribution in [-0.2, 0) is 6.54 Å². The molecule has 0 aliphatic carbocycles. The molecule has 0 unspecified atom stereocenters. The summed E-state index contributed by atoms with van der Waals surface area (Å²) in [5, 5.41) is 11.0. The number of pyridine rings is 2. The van der Waals surface area contributed by atoms with Crippen LogP contribution in [0.2, 0.25) is 0 Å². The quantitative estimate of drug-likeness (QED) is 0.577. The first-order valence-electron chi connectivity index (χ1n) is 8.35. The van der Waals surface area contributed by atoms with E-state index in [0.717, 1.165) is 11.4 Å². The second kappa shape index (κ2) is 6.83. The Morgan fingerprint density at radius 3 is 2.81 bits per heavy atom. The summed E-state index contributed by atoms with van der Waals surface area (Å²) in [5.41, 5.74) is 1.80. The molecule has 134 valence electrons. The highest BCUT2D eigenvalue weighted by Gasteiger charge is 2.15. The fraction of sp³-hybridized carbons (Fsp3) is 0.105. The lowest BCUT2D eigenvalue weighted by molar-refractivity contribution is 0.0948. The first-order valence-corrected chi connectivity index (χ1v) is 8.35. The molecule has 8 heteroatoms. The average molecular weight is 360 g/mol. The number of nitrogens with one attached hydrogen (secondary N) is 2. The largest absolute Gasteiger partial charge is 0.345 e. The molecule has 0 aliphatic heterocycles. The van der Waals surface area contributed by atoms with Gasteiger partial charge in [-0.15, -0.1) is 10.2 Å². The Balaban J connectivity index is 1.57. The summed E-state index contributed by atoms with van der Waals surface area (Å²) in [6, 6.07) is 13.0. The molecule has 3 aromatic heterocycles. The summed E-state index contributed by atoms with van der Waals surface area (Å²) in [7, 11) is 0. The first kappa shape index (κ1) is 16.6. The smallest absolute Gasteiger partial charge is 0.257 e. The topological polar surface area (TPSA) is 106 Å². The van der Waals surface area contributed by atoms with E-state index >= 15 is 0 Å². The average Bonchev–Trinajstić information content (AvgIpc) is 3.15. The molecule has 0 atom stereocenters. The van der Waals surface area contributed by atoms with E-state index in [9.17, 15) is 9.59 Å². The zero-order valence-corrected chi connectivity index (χ0v) is 14.5. The molecule has 3 heterocycles. The van der Waals surface area contributed by atoms with Crippen molar-refractivity contribution in [1.82, 2.24) is 30.0 Å². The highest BCUT2D eigenvalue weighted by molar-refractivity contribution is 5.96. The van der Waals surface area contributed by atoms with Gasteiger partial charge in [0.15, 0.2) is 5.82 Å². The molecule has 0 fully saturated rings. The van der Waals surface area contributed by atoms with Gasteiger partial charge in [0.05, 0.1) is 11.9 Å². The highest BCUT2D eigenvalue weighted by Crippen LogP contribution is 2.09. The number of para-hydroxylation sites is 1. The van der Waals surface area contributed by atoms with E-state index in [0.29, 0.717) is 16.9 Å². The lowest BCUT2D eigenvalue weighted by Gasteiger charge is -2.08. The number of aryl methyl sites for hydroxylation is 1. The molecule has 0 saturated heterocycles. The molecule has 4 rings (SSSR count). The lowest BCUT2D eigenvalue weighted by Crippen LogP contribution is -2.29. The van der Waals surface area contributed by atoms with Crippen molar-refractivity contribution < 1.29 is 4.79 Å². The summed E-state index contributed by atoms with van der Waals surface area (Å²) < 4.78 is 1.78. The molecular formula is C19H16N6O2. The number of carbonyl (C=O) groups excluding carboxylic acids is 1. The van der Waals surface area contributed by atoms with Crippen LogP contribution in [-0.4, -0.2) is 30.6 Å². The maximum Gasteiger partial charge on any atom is 0.257 e. The number of amides is 1. The monoisotopic (exact) mass is 360 g/mol. The third kappa shape index (κ3) is 3.20. The number of rotatable bonds is 4. The summed E-state index contributed by atoms with van der Waals surface area (Å²) in [4.78, 5) is 32.3. The molecule has 2 N–H and O–H groups in total. The number of H-pyrrole nitrogens is 1. The van der Waals surface area contributed by atoms with E-state index < -0.39 is 5.91 Å². The van der Waals surface area contributed by atoms with E-state index in [4.69, 9.17) is 0 Å². The highest BCUT2D eigenvalue weighted by atomic mass is 16.2. The van der Waals surface area contributed by atoms with Crippen LogP contribution in [0.1, 0.15) is 21.9 Å². The first-order chi connectivity index (χ1) is 13.1. The van der Waals surface area contributed by atoms with Crippen molar-refractivity contribution in [1.29, 1.82) is 0 Å². The maximum atomic E-state index is 12.6. The van der Waals surface area contributed by atoms with Gasteiger partial charge in [-0.05, 0) is 31.2 Å². The number of aromatic nitrogens is 5. The van der Waals surface area contributed by atoms with E-state index in [2.05, 4.69) is 25.5 Å². The minimum Gasteiger partial charge on any atom is -0.345 e. The number of nitrogens with zero attached hydrogens (tertiary/aromatic N) is 4. The predicted molar refractivity (Wildman–Crippen MR) is 99.6 cm³/mol. The number of fused-ring (bicyclic) bond motifs is 1. The fourth-order valence-electron chi connectivity index (χ4n) is 2.81. The molecule has 1 amide bonds. The molecule has 0 aliphatic rings. The van der Waals surface area contributed by atoms with Crippen LogP contribution in [0, 0.1) is 6.92 Å². The van der Waals surface area contributed by atoms with Gasteiger partial charge < -0.3 is 10.3 Å². The van der Waals surface area contributed by atoms with Crippen LogP contribution in [0.3, 0.4) is 0 Å². The molecule has 27 heavy (non-hydrogen) atoms. The van der Waals surface area contributed by atoms with Crippen molar-refractivity contribution in [3.8, 4) is 5.69 Å². The zero-order valence-electron chi connectivity index (χ0n) is 14.5. The van der Waals surface area contributed by atoms with E-state index in [-0.39, 0.29) is 17.5 Å². The number of carbonyl (C=O) groups is 1. The SMILES string of the molecule is Cc1ccc2c(=O)c(C(=O)NCc3nncn3-c3ccccc3)c[nH]c2n1. The predicted octanol–water partition coefficient (Wildman–Crippen LogP) is 1.74. The molecule has 1 aromatic carbocycles. The Hall–Kier alpha value is -3.81. The molecule has 8 nitrogen and oxygen atoms in total. The molecule has 0 bridgehead atoms. The minimum atomic E-state index is -0.485. The van der Waals surface area contributed by atoms with Gasteiger partial charge in [0.1, 0.15) is 17.5 Å². The van der Waals surface area contributed by atoms with Gasteiger partial charge in [0.25, 0.3) is 5.91 Å². The van der Waals surface area contributed by atoms with E-state index in [1.165, 1.54) is 6.20 Å². The van der Waals surface area contributed by atoms with Crippen LogP contribution in [0.15, 0.2) is 59.8 Å². The van der Waals surface area contributed by atoms with E-state index in [1.807, 2.05) is 37.3 Å². The summed E-state index contributed by atoms with van der Waals surface area (Å²) in [6.07, 6.45) is 2.96. The number of hydrogen-bond acceptors (Lipinski definition) is 5. The van der Waals surface area contributed by atoms with Crippen molar-refractivity contribution in [2.75, 3.05) is 0 Å². The Bertz CT molecular complexity index is 1180. The van der Waals surface area contributed by atoms with Gasteiger partial charge in [0.2, 0.25) is 5.43 Å². The van der Waals surface area contributed by atoms with Crippen LogP contribution in [0.25, 0.3) is 16.7 Å². The summed E-state index contributed by atoms with van der Waals surface area (Å²) >= 11 is 0. The number of benzene rings is 1. The Kier molecular flexibility index (Phi) is 4.21. The molecule has 0 saturated carbocycles. The van der Waals surface area contributed by atoms with Crippen LogP contribution in [0.5, 0.6) is 0 Å². The van der Waals surface area contributed by atoms with Crippen molar-refractivity contribution in [2.24, 2.45) is 0 Å². The third-order valence-corrected chi connectivity index (χ3v) is 4.18. The lowest BCUT2D eigenvalue weighted by atomic mass is 10.2.